The number of hydrogen-bond acceptors (Lipinski definition) is 1. The van der Waals surface area contributed by atoms with Crippen LogP contribution in [0.3, 0.4) is 0 Å². The highest BCUT2D eigenvalue weighted by atomic mass is 14.7. The summed E-state index contributed by atoms with van der Waals surface area (Å²) in [6.45, 7) is 9.05. The number of aromatic nitrogens is 1. The van der Waals surface area contributed by atoms with Crippen LogP contribution in [0.4, 0.5) is 0 Å². The van der Waals surface area contributed by atoms with E-state index in [1.165, 1.54) is 28.5 Å². The van der Waals surface area contributed by atoms with E-state index < -0.39 is 0 Å². The minimum Gasteiger partial charge on any atom is -0.256 e. The van der Waals surface area contributed by atoms with Gasteiger partial charge in [0.1, 0.15) is 0 Å². The third-order valence-electron chi connectivity index (χ3n) is 3.13. The average molecular weight is 227 g/mol. The van der Waals surface area contributed by atoms with E-state index in [1.54, 1.807) is 0 Å². The van der Waals surface area contributed by atoms with Crippen LogP contribution < -0.4 is 0 Å². The lowest BCUT2D eigenvalue weighted by atomic mass is 9.81. The lowest BCUT2D eigenvalue weighted by molar-refractivity contribution is 0.586. The van der Waals surface area contributed by atoms with Gasteiger partial charge in [-0.2, -0.15) is 0 Å². The van der Waals surface area contributed by atoms with E-state index in [-0.39, 0.29) is 5.41 Å². The fourth-order valence-corrected chi connectivity index (χ4v) is 2.50. The van der Waals surface area contributed by atoms with Crippen molar-refractivity contribution in [1.29, 1.82) is 0 Å². The van der Waals surface area contributed by atoms with Crippen LogP contribution in [0, 0.1) is 0 Å². The lowest BCUT2D eigenvalue weighted by Gasteiger charge is -2.24. The van der Waals surface area contributed by atoms with E-state index in [2.05, 4.69) is 50.9 Å². The van der Waals surface area contributed by atoms with Crippen LogP contribution in [0.2, 0.25) is 0 Å². The van der Waals surface area contributed by atoms with Gasteiger partial charge in [-0.3, -0.25) is 4.98 Å². The summed E-state index contributed by atoms with van der Waals surface area (Å²) in [7, 11) is 0. The molecule has 0 amide bonds. The molecular weight excluding hydrogens is 206 g/mol. The molecule has 1 heterocycles. The number of rotatable bonds is 2. The summed E-state index contributed by atoms with van der Waals surface area (Å²) in [6.07, 6.45) is 4.22. The molecule has 0 bridgehead atoms. The van der Waals surface area contributed by atoms with E-state index in [4.69, 9.17) is 0 Å². The molecule has 2 rings (SSSR count). The molecule has 2 aromatic rings. The molecule has 0 aliphatic carbocycles. The fourth-order valence-electron chi connectivity index (χ4n) is 2.50. The Balaban J connectivity index is 2.75. The second-order valence-electron chi connectivity index (χ2n) is 5.67. The molecule has 1 heteroatoms. The van der Waals surface area contributed by atoms with Gasteiger partial charge in [0, 0.05) is 11.6 Å². The number of fused-ring (bicyclic) bond motifs is 1. The number of benzene rings is 1. The van der Waals surface area contributed by atoms with Gasteiger partial charge in [-0.15, -0.1) is 0 Å². The van der Waals surface area contributed by atoms with Crippen LogP contribution in [0.1, 0.15) is 45.2 Å². The molecule has 0 radical (unpaired) electrons. The second kappa shape index (κ2) is 4.48. The summed E-state index contributed by atoms with van der Waals surface area (Å²) in [4.78, 5) is 4.59. The highest BCUT2D eigenvalue weighted by Crippen LogP contribution is 2.32. The molecule has 0 spiro atoms. The van der Waals surface area contributed by atoms with Gasteiger partial charge in [0.25, 0.3) is 0 Å². The molecule has 1 aromatic carbocycles. The van der Waals surface area contributed by atoms with Crippen LogP contribution in [0.5, 0.6) is 0 Å². The standard InChI is InChI=1S/C16H21N/c1-5-7-12-9-10-13-8-6-11-17-15(13)14(12)16(2,3)4/h6,8-11H,5,7H2,1-4H3. The quantitative estimate of drug-likeness (QED) is 0.737. The van der Waals surface area contributed by atoms with Crippen LogP contribution in [0.15, 0.2) is 30.5 Å². The van der Waals surface area contributed by atoms with Gasteiger partial charge in [-0.05, 0) is 29.0 Å². The van der Waals surface area contributed by atoms with Gasteiger partial charge in [-0.1, -0.05) is 52.3 Å². The maximum atomic E-state index is 4.59. The molecule has 0 aliphatic rings. The van der Waals surface area contributed by atoms with Crippen molar-refractivity contribution in [3.05, 3.63) is 41.6 Å². The molecular formula is C16H21N. The van der Waals surface area contributed by atoms with Gasteiger partial charge < -0.3 is 0 Å². The monoisotopic (exact) mass is 227 g/mol. The van der Waals surface area contributed by atoms with E-state index in [1.807, 2.05) is 12.3 Å². The van der Waals surface area contributed by atoms with E-state index in [0.29, 0.717) is 0 Å². The number of nitrogens with zero attached hydrogens (tertiary/aromatic N) is 1. The summed E-state index contributed by atoms with van der Waals surface area (Å²) < 4.78 is 0. The Hall–Kier alpha value is -1.37. The first-order chi connectivity index (χ1) is 8.04. The van der Waals surface area contributed by atoms with Crippen molar-refractivity contribution in [1.82, 2.24) is 4.98 Å². The Bertz CT molecular complexity index is 521. The fraction of sp³-hybridized carbons (Fsp3) is 0.438. The molecule has 0 saturated carbocycles. The normalized spacial score (nSPS) is 12.0. The smallest absolute Gasteiger partial charge is 0.0741 e. The van der Waals surface area contributed by atoms with Crippen molar-refractivity contribution >= 4 is 10.9 Å². The van der Waals surface area contributed by atoms with Gasteiger partial charge in [-0.25, -0.2) is 0 Å². The maximum absolute atomic E-state index is 4.59. The molecule has 1 nitrogen and oxygen atoms in total. The first-order valence-corrected chi connectivity index (χ1v) is 6.41. The highest BCUT2D eigenvalue weighted by molar-refractivity contribution is 5.83. The Kier molecular flexibility index (Phi) is 3.19. The second-order valence-corrected chi connectivity index (χ2v) is 5.67. The Labute approximate surface area is 104 Å². The lowest BCUT2D eigenvalue weighted by Crippen LogP contribution is -2.15. The van der Waals surface area contributed by atoms with E-state index in [9.17, 15) is 0 Å². The molecule has 0 atom stereocenters. The molecule has 0 aliphatic heterocycles. The van der Waals surface area contributed by atoms with Crippen LogP contribution >= 0.6 is 0 Å². The van der Waals surface area contributed by atoms with Gasteiger partial charge in [0.15, 0.2) is 0 Å². The zero-order valence-electron chi connectivity index (χ0n) is 11.2. The third kappa shape index (κ3) is 2.33. The zero-order valence-corrected chi connectivity index (χ0v) is 11.2. The van der Waals surface area contributed by atoms with Crippen molar-refractivity contribution in [2.45, 2.75) is 46.0 Å². The van der Waals surface area contributed by atoms with Crippen LogP contribution in [-0.2, 0) is 11.8 Å². The summed E-state index contributed by atoms with van der Waals surface area (Å²) in [5.74, 6) is 0. The highest BCUT2D eigenvalue weighted by Gasteiger charge is 2.21. The van der Waals surface area contributed by atoms with E-state index >= 15 is 0 Å². The first-order valence-electron chi connectivity index (χ1n) is 6.41. The predicted molar refractivity (Wildman–Crippen MR) is 74.4 cm³/mol. The molecule has 1 aromatic heterocycles. The number of hydrogen-bond donors (Lipinski definition) is 0. The Morgan fingerprint density at radius 3 is 2.53 bits per heavy atom. The molecule has 17 heavy (non-hydrogen) atoms. The molecule has 0 N–H and O–H groups in total. The van der Waals surface area contributed by atoms with Crippen molar-refractivity contribution in [3.8, 4) is 0 Å². The Morgan fingerprint density at radius 1 is 1.12 bits per heavy atom. The van der Waals surface area contributed by atoms with Gasteiger partial charge >= 0.3 is 0 Å². The topological polar surface area (TPSA) is 12.9 Å². The molecule has 0 unspecified atom stereocenters. The van der Waals surface area contributed by atoms with Crippen molar-refractivity contribution in [2.24, 2.45) is 0 Å². The van der Waals surface area contributed by atoms with E-state index in [0.717, 1.165) is 6.42 Å². The molecule has 90 valence electrons. The number of pyridine rings is 1. The summed E-state index contributed by atoms with van der Waals surface area (Å²) in [5.41, 5.74) is 4.19. The van der Waals surface area contributed by atoms with Crippen LogP contribution in [-0.4, -0.2) is 4.98 Å². The zero-order chi connectivity index (χ0) is 12.5. The van der Waals surface area contributed by atoms with Crippen molar-refractivity contribution in [2.75, 3.05) is 0 Å². The largest absolute Gasteiger partial charge is 0.256 e. The summed E-state index contributed by atoms with van der Waals surface area (Å²) >= 11 is 0. The van der Waals surface area contributed by atoms with Crippen LogP contribution in [0.25, 0.3) is 10.9 Å². The summed E-state index contributed by atoms with van der Waals surface area (Å²) in [5, 5.41) is 1.25. The van der Waals surface area contributed by atoms with Gasteiger partial charge in [0.2, 0.25) is 0 Å². The first kappa shape index (κ1) is 12.1. The molecule has 0 saturated heterocycles. The van der Waals surface area contributed by atoms with Gasteiger partial charge in [0.05, 0.1) is 5.52 Å². The minimum absolute atomic E-state index is 0.151. The number of aryl methyl sites for hydroxylation is 1. The third-order valence-corrected chi connectivity index (χ3v) is 3.13. The van der Waals surface area contributed by atoms with Crippen molar-refractivity contribution < 1.29 is 0 Å². The molecule has 0 fully saturated rings. The van der Waals surface area contributed by atoms with Crippen molar-refractivity contribution in [3.63, 3.8) is 0 Å². The SMILES string of the molecule is CCCc1ccc2cccnc2c1C(C)(C)C. The minimum atomic E-state index is 0.151. The Morgan fingerprint density at radius 2 is 1.88 bits per heavy atom. The maximum Gasteiger partial charge on any atom is 0.0741 e. The predicted octanol–water partition coefficient (Wildman–Crippen LogP) is 4.48. The summed E-state index contributed by atoms with van der Waals surface area (Å²) in [6, 6.07) is 8.62. The average Bonchev–Trinajstić information content (AvgIpc) is 2.27.